The topological polar surface area (TPSA) is 26.2 Å². The zero-order valence-electron chi connectivity index (χ0n) is 8.86. The lowest BCUT2D eigenvalue weighted by atomic mass is 10.2. The van der Waals surface area contributed by atoms with Crippen LogP contribution in [0.3, 0.4) is 0 Å². The molecule has 0 unspecified atom stereocenters. The molecule has 1 N–H and O–H groups in total. The van der Waals surface area contributed by atoms with Crippen LogP contribution in [0.4, 0.5) is 0 Å². The number of nitrogens with zero attached hydrogens (tertiary/aromatic N) is 1. The quantitative estimate of drug-likeness (QED) is 0.776. The van der Waals surface area contributed by atoms with E-state index < -0.39 is 0 Å². The van der Waals surface area contributed by atoms with Crippen molar-refractivity contribution >= 4 is 0 Å². The first-order valence-corrected chi connectivity index (χ1v) is 5.27. The van der Waals surface area contributed by atoms with Crippen molar-refractivity contribution in [2.24, 2.45) is 0 Å². The van der Waals surface area contributed by atoms with Gasteiger partial charge >= 0.3 is 0 Å². The van der Waals surface area contributed by atoms with E-state index in [1.807, 2.05) is 0 Å². The Hall–Kier alpha value is -0.800. The standard InChI is InChI=1S/C11H18N2O/c1-9(2)13-6-3-4-11(13)10-8-14-7-5-12-10/h3-4,6,9-10,12H,5,7-8H2,1-2H3/t10-/m0/s1. The van der Waals surface area contributed by atoms with E-state index in [9.17, 15) is 0 Å². The van der Waals surface area contributed by atoms with E-state index in [-0.39, 0.29) is 0 Å². The molecule has 0 bridgehead atoms. The third kappa shape index (κ3) is 1.83. The zero-order chi connectivity index (χ0) is 9.97. The van der Waals surface area contributed by atoms with Crippen molar-refractivity contribution in [1.29, 1.82) is 0 Å². The molecular formula is C11H18N2O. The van der Waals surface area contributed by atoms with E-state index in [1.165, 1.54) is 5.69 Å². The van der Waals surface area contributed by atoms with Crippen LogP contribution in [-0.2, 0) is 4.74 Å². The van der Waals surface area contributed by atoms with Gasteiger partial charge in [0.1, 0.15) is 0 Å². The summed E-state index contributed by atoms with van der Waals surface area (Å²) in [6.07, 6.45) is 2.14. The second kappa shape index (κ2) is 4.15. The van der Waals surface area contributed by atoms with Crippen molar-refractivity contribution in [2.75, 3.05) is 19.8 Å². The Morgan fingerprint density at radius 3 is 3.07 bits per heavy atom. The number of morpholine rings is 1. The predicted octanol–water partition coefficient (Wildman–Crippen LogP) is 1.73. The van der Waals surface area contributed by atoms with Gasteiger partial charge in [-0.25, -0.2) is 0 Å². The fourth-order valence-electron chi connectivity index (χ4n) is 1.93. The molecular weight excluding hydrogens is 176 g/mol. The average molecular weight is 194 g/mol. The third-order valence-electron chi connectivity index (χ3n) is 2.65. The number of nitrogens with one attached hydrogen (secondary N) is 1. The smallest absolute Gasteiger partial charge is 0.0713 e. The summed E-state index contributed by atoms with van der Waals surface area (Å²) in [7, 11) is 0. The van der Waals surface area contributed by atoms with Gasteiger partial charge in [0.15, 0.2) is 0 Å². The average Bonchev–Trinajstić information content (AvgIpc) is 2.67. The van der Waals surface area contributed by atoms with Crippen LogP contribution in [0.5, 0.6) is 0 Å². The summed E-state index contributed by atoms with van der Waals surface area (Å²) in [5.41, 5.74) is 1.33. The van der Waals surface area contributed by atoms with E-state index in [0.717, 1.165) is 19.8 Å². The molecule has 1 aromatic rings. The van der Waals surface area contributed by atoms with Gasteiger partial charge in [0.25, 0.3) is 0 Å². The lowest BCUT2D eigenvalue weighted by Gasteiger charge is -2.26. The van der Waals surface area contributed by atoms with E-state index in [2.05, 4.69) is 42.1 Å². The van der Waals surface area contributed by atoms with Crippen LogP contribution in [-0.4, -0.2) is 24.3 Å². The predicted molar refractivity (Wildman–Crippen MR) is 56.4 cm³/mol. The lowest BCUT2D eigenvalue weighted by molar-refractivity contribution is 0.0742. The lowest BCUT2D eigenvalue weighted by Crippen LogP contribution is -2.35. The Balaban J connectivity index is 2.17. The molecule has 78 valence electrons. The molecule has 0 saturated carbocycles. The van der Waals surface area contributed by atoms with E-state index in [4.69, 9.17) is 4.74 Å². The highest BCUT2D eigenvalue weighted by Gasteiger charge is 2.18. The molecule has 2 rings (SSSR count). The zero-order valence-corrected chi connectivity index (χ0v) is 8.86. The molecule has 1 atom stereocenters. The van der Waals surface area contributed by atoms with Crippen LogP contribution in [0, 0.1) is 0 Å². The molecule has 1 aliphatic rings. The molecule has 3 heteroatoms. The molecule has 1 fully saturated rings. The maximum absolute atomic E-state index is 5.46. The first-order chi connectivity index (χ1) is 6.79. The number of rotatable bonds is 2. The monoisotopic (exact) mass is 194 g/mol. The van der Waals surface area contributed by atoms with Crippen molar-refractivity contribution in [3.05, 3.63) is 24.0 Å². The summed E-state index contributed by atoms with van der Waals surface area (Å²) in [6, 6.07) is 5.16. The molecule has 3 nitrogen and oxygen atoms in total. The Labute approximate surface area is 85.1 Å². The molecule has 0 aromatic carbocycles. The van der Waals surface area contributed by atoms with Gasteiger partial charge in [-0.05, 0) is 26.0 Å². The second-order valence-electron chi connectivity index (χ2n) is 4.02. The molecule has 0 aliphatic carbocycles. The molecule has 1 aromatic heterocycles. The van der Waals surface area contributed by atoms with E-state index in [1.54, 1.807) is 0 Å². The molecule has 1 aliphatic heterocycles. The Bertz CT molecular complexity index is 287. The highest BCUT2D eigenvalue weighted by atomic mass is 16.5. The van der Waals surface area contributed by atoms with Gasteiger partial charge in [0.05, 0.1) is 19.3 Å². The largest absolute Gasteiger partial charge is 0.378 e. The van der Waals surface area contributed by atoms with Gasteiger partial charge in [-0.1, -0.05) is 0 Å². The number of aromatic nitrogens is 1. The number of hydrogen-bond acceptors (Lipinski definition) is 2. The summed E-state index contributed by atoms with van der Waals surface area (Å²) in [5.74, 6) is 0. The van der Waals surface area contributed by atoms with Crippen LogP contribution >= 0.6 is 0 Å². The Morgan fingerprint density at radius 1 is 1.57 bits per heavy atom. The molecule has 2 heterocycles. The summed E-state index contributed by atoms with van der Waals surface area (Å²) in [6.45, 7) is 6.98. The summed E-state index contributed by atoms with van der Waals surface area (Å²) in [4.78, 5) is 0. The van der Waals surface area contributed by atoms with Crippen LogP contribution in [0.1, 0.15) is 31.6 Å². The maximum atomic E-state index is 5.46. The van der Waals surface area contributed by atoms with E-state index >= 15 is 0 Å². The first kappa shape index (κ1) is 9.74. The summed E-state index contributed by atoms with van der Waals surface area (Å²) >= 11 is 0. The molecule has 1 saturated heterocycles. The highest BCUT2D eigenvalue weighted by Crippen LogP contribution is 2.20. The van der Waals surface area contributed by atoms with Gasteiger partial charge in [0, 0.05) is 24.5 Å². The third-order valence-corrected chi connectivity index (χ3v) is 2.65. The molecule has 0 spiro atoms. The molecule has 0 amide bonds. The van der Waals surface area contributed by atoms with Gasteiger partial charge in [0.2, 0.25) is 0 Å². The fourth-order valence-corrected chi connectivity index (χ4v) is 1.93. The maximum Gasteiger partial charge on any atom is 0.0713 e. The van der Waals surface area contributed by atoms with Crippen molar-refractivity contribution in [1.82, 2.24) is 9.88 Å². The Kier molecular flexibility index (Phi) is 2.89. The minimum Gasteiger partial charge on any atom is -0.378 e. The fraction of sp³-hybridized carbons (Fsp3) is 0.636. The van der Waals surface area contributed by atoms with Crippen molar-refractivity contribution in [2.45, 2.75) is 25.9 Å². The molecule has 14 heavy (non-hydrogen) atoms. The summed E-state index contributed by atoms with van der Waals surface area (Å²) in [5, 5.41) is 3.47. The Morgan fingerprint density at radius 2 is 2.43 bits per heavy atom. The van der Waals surface area contributed by atoms with Gasteiger partial charge in [-0.2, -0.15) is 0 Å². The van der Waals surface area contributed by atoms with Crippen LogP contribution in [0.15, 0.2) is 18.3 Å². The normalized spacial score (nSPS) is 22.9. The van der Waals surface area contributed by atoms with Crippen LogP contribution in [0.25, 0.3) is 0 Å². The first-order valence-electron chi connectivity index (χ1n) is 5.27. The number of hydrogen-bond donors (Lipinski definition) is 1. The highest BCUT2D eigenvalue weighted by molar-refractivity contribution is 5.13. The van der Waals surface area contributed by atoms with E-state index in [0.29, 0.717) is 12.1 Å². The van der Waals surface area contributed by atoms with Gasteiger partial charge < -0.3 is 14.6 Å². The van der Waals surface area contributed by atoms with Gasteiger partial charge in [-0.3, -0.25) is 0 Å². The van der Waals surface area contributed by atoms with Gasteiger partial charge in [-0.15, -0.1) is 0 Å². The van der Waals surface area contributed by atoms with Crippen molar-refractivity contribution in [3.63, 3.8) is 0 Å². The van der Waals surface area contributed by atoms with Crippen molar-refractivity contribution < 1.29 is 4.74 Å². The minimum atomic E-state index is 0.362. The second-order valence-corrected chi connectivity index (χ2v) is 4.02. The summed E-state index contributed by atoms with van der Waals surface area (Å²) < 4.78 is 7.76. The SMILES string of the molecule is CC(C)n1cccc1[C@@H]1COCCN1. The van der Waals surface area contributed by atoms with Crippen LogP contribution in [0.2, 0.25) is 0 Å². The van der Waals surface area contributed by atoms with Crippen molar-refractivity contribution in [3.8, 4) is 0 Å². The molecule has 0 radical (unpaired) electrons. The number of ether oxygens (including phenoxy) is 1. The van der Waals surface area contributed by atoms with Crippen LogP contribution < -0.4 is 5.32 Å². The minimum absolute atomic E-state index is 0.362.